The van der Waals surface area contributed by atoms with Crippen LogP contribution in [0.4, 0.5) is 0 Å². The number of methoxy groups -OCH3 is 1. The van der Waals surface area contributed by atoms with E-state index in [1.807, 2.05) is 0 Å². The molecule has 0 saturated heterocycles. The number of nitrogens with zero attached hydrogens (tertiary/aromatic N) is 1. The first-order chi connectivity index (χ1) is 10.4. The molecule has 1 N–H and O–H groups in total. The van der Waals surface area contributed by atoms with E-state index in [1.54, 1.807) is 26.0 Å². The summed E-state index contributed by atoms with van der Waals surface area (Å²) < 4.78 is 31.6. The molecule has 1 aliphatic carbocycles. The molecule has 1 aromatic rings. The average molecular weight is 326 g/mol. The Morgan fingerprint density at radius 3 is 2.59 bits per heavy atom. The Bertz CT molecular complexity index is 654. The van der Waals surface area contributed by atoms with E-state index in [1.165, 1.54) is 17.5 Å². The van der Waals surface area contributed by atoms with Gasteiger partial charge in [0.15, 0.2) is 0 Å². The smallest absolute Gasteiger partial charge is 0.243 e. The molecule has 0 spiro atoms. The number of nitrogens with one attached hydrogen (secondary N) is 1. The van der Waals surface area contributed by atoms with Crippen LogP contribution in [-0.4, -0.2) is 44.9 Å². The van der Waals surface area contributed by atoms with Crippen molar-refractivity contribution in [1.29, 1.82) is 0 Å². The van der Waals surface area contributed by atoms with Crippen LogP contribution in [-0.2, 0) is 14.8 Å². The number of hydrogen-bond acceptors (Lipinski definition) is 4. The van der Waals surface area contributed by atoms with Crippen molar-refractivity contribution in [3.63, 3.8) is 0 Å². The van der Waals surface area contributed by atoms with Crippen LogP contribution in [0.15, 0.2) is 23.1 Å². The van der Waals surface area contributed by atoms with Crippen LogP contribution in [0, 0.1) is 6.92 Å². The molecule has 22 heavy (non-hydrogen) atoms. The third-order valence-electron chi connectivity index (χ3n) is 3.62. The molecular weight excluding hydrogens is 304 g/mol. The van der Waals surface area contributed by atoms with E-state index in [0.29, 0.717) is 5.75 Å². The number of carbonyl (C=O) groups is 1. The molecule has 6 nitrogen and oxygen atoms in total. The normalized spacial score (nSPS) is 14.9. The van der Waals surface area contributed by atoms with Gasteiger partial charge in [0.25, 0.3) is 0 Å². The summed E-state index contributed by atoms with van der Waals surface area (Å²) >= 11 is 0. The van der Waals surface area contributed by atoms with Gasteiger partial charge in [0.1, 0.15) is 5.75 Å². The van der Waals surface area contributed by atoms with Crippen molar-refractivity contribution in [2.75, 3.05) is 20.2 Å². The molecule has 1 amide bonds. The highest BCUT2D eigenvalue weighted by Crippen LogP contribution is 2.24. The van der Waals surface area contributed by atoms with Crippen molar-refractivity contribution in [3.05, 3.63) is 23.8 Å². The highest BCUT2D eigenvalue weighted by molar-refractivity contribution is 7.89. The molecule has 0 heterocycles. The number of hydrogen-bond donors (Lipinski definition) is 1. The first-order valence-corrected chi connectivity index (χ1v) is 8.76. The lowest BCUT2D eigenvalue weighted by molar-refractivity contribution is -0.121. The predicted molar refractivity (Wildman–Crippen MR) is 83.3 cm³/mol. The van der Waals surface area contributed by atoms with Gasteiger partial charge in [-0.3, -0.25) is 4.79 Å². The lowest BCUT2D eigenvalue weighted by Crippen LogP contribution is -2.41. The summed E-state index contributed by atoms with van der Waals surface area (Å²) in [6.45, 7) is 3.60. The maximum Gasteiger partial charge on any atom is 0.243 e. The van der Waals surface area contributed by atoms with Crippen LogP contribution in [0.2, 0.25) is 0 Å². The van der Waals surface area contributed by atoms with Gasteiger partial charge >= 0.3 is 0 Å². The molecule has 122 valence electrons. The number of amides is 1. The van der Waals surface area contributed by atoms with E-state index in [2.05, 4.69) is 5.32 Å². The minimum absolute atomic E-state index is 0.152. The van der Waals surface area contributed by atoms with Crippen molar-refractivity contribution in [3.8, 4) is 5.75 Å². The summed E-state index contributed by atoms with van der Waals surface area (Å²) in [5, 5.41) is 2.81. The Kier molecular flexibility index (Phi) is 5.08. The molecule has 2 rings (SSSR count). The van der Waals surface area contributed by atoms with Gasteiger partial charge in [-0.15, -0.1) is 0 Å². The lowest BCUT2D eigenvalue weighted by atomic mass is 10.2. The van der Waals surface area contributed by atoms with Gasteiger partial charge in [-0.25, -0.2) is 8.42 Å². The van der Waals surface area contributed by atoms with Gasteiger partial charge in [-0.2, -0.15) is 4.31 Å². The molecule has 0 atom stereocenters. The zero-order valence-corrected chi connectivity index (χ0v) is 13.9. The lowest BCUT2D eigenvalue weighted by Gasteiger charge is -2.20. The summed E-state index contributed by atoms with van der Waals surface area (Å²) in [6, 6.07) is 4.91. The number of aryl methyl sites for hydroxylation is 1. The molecule has 7 heteroatoms. The molecule has 0 unspecified atom stereocenters. The van der Waals surface area contributed by atoms with Gasteiger partial charge < -0.3 is 10.1 Å². The highest BCUT2D eigenvalue weighted by atomic mass is 32.2. The number of carbonyl (C=O) groups excluding carboxylic acids is 1. The van der Waals surface area contributed by atoms with Gasteiger partial charge in [-0.05, 0) is 43.5 Å². The van der Waals surface area contributed by atoms with Crippen LogP contribution in [0.1, 0.15) is 25.3 Å². The molecule has 0 aromatic heterocycles. The topological polar surface area (TPSA) is 75.7 Å². The molecule has 0 radical (unpaired) electrons. The standard InChI is InChI=1S/C15H22N2O4S/c1-4-17(10-15(18)16-12-5-6-12)22(19,20)13-7-8-14(21-3)11(2)9-13/h7-9,12H,4-6,10H2,1-3H3,(H,16,18). The Hall–Kier alpha value is -1.60. The summed E-state index contributed by atoms with van der Waals surface area (Å²) in [5.74, 6) is 0.381. The van der Waals surface area contributed by atoms with Crippen LogP contribution in [0.3, 0.4) is 0 Å². The number of ether oxygens (including phenoxy) is 1. The summed E-state index contributed by atoms with van der Waals surface area (Å²) in [5.41, 5.74) is 0.738. The highest BCUT2D eigenvalue weighted by Gasteiger charge is 2.28. The van der Waals surface area contributed by atoms with Crippen LogP contribution >= 0.6 is 0 Å². The minimum Gasteiger partial charge on any atom is -0.496 e. The van der Waals surface area contributed by atoms with E-state index < -0.39 is 10.0 Å². The molecule has 1 saturated carbocycles. The van der Waals surface area contributed by atoms with Crippen molar-refractivity contribution >= 4 is 15.9 Å². The van der Waals surface area contributed by atoms with Gasteiger partial charge in [0, 0.05) is 12.6 Å². The third-order valence-corrected chi connectivity index (χ3v) is 5.54. The molecular formula is C15H22N2O4S. The fourth-order valence-corrected chi connectivity index (χ4v) is 3.68. The van der Waals surface area contributed by atoms with Gasteiger partial charge in [-0.1, -0.05) is 6.92 Å². The second-order valence-electron chi connectivity index (χ2n) is 5.40. The van der Waals surface area contributed by atoms with Crippen molar-refractivity contribution in [1.82, 2.24) is 9.62 Å². The summed E-state index contributed by atoms with van der Waals surface area (Å²) in [6.07, 6.45) is 1.95. The van der Waals surface area contributed by atoms with E-state index in [4.69, 9.17) is 4.74 Å². The maximum atomic E-state index is 12.7. The fourth-order valence-electron chi connectivity index (χ4n) is 2.19. The fraction of sp³-hybridized carbons (Fsp3) is 0.533. The first-order valence-electron chi connectivity index (χ1n) is 7.32. The van der Waals surface area contributed by atoms with Crippen LogP contribution in [0.25, 0.3) is 0 Å². The van der Waals surface area contributed by atoms with E-state index in [-0.39, 0.29) is 29.9 Å². The largest absolute Gasteiger partial charge is 0.496 e. The molecule has 1 aromatic carbocycles. The number of sulfonamides is 1. The molecule has 1 aliphatic rings. The third kappa shape index (κ3) is 3.78. The molecule has 0 aliphatic heterocycles. The molecule has 0 bridgehead atoms. The van der Waals surface area contributed by atoms with Crippen molar-refractivity contribution in [2.45, 2.75) is 37.6 Å². The van der Waals surface area contributed by atoms with Gasteiger partial charge in [0.05, 0.1) is 18.6 Å². The second kappa shape index (κ2) is 6.66. The van der Waals surface area contributed by atoms with Crippen molar-refractivity contribution in [2.24, 2.45) is 0 Å². The minimum atomic E-state index is -3.69. The summed E-state index contributed by atoms with van der Waals surface area (Å²) in [7, 11) is -2.15. The number of benzene rings is 1. The van der Waals surface area contributed by atoms with Crippen molar-refractivity contribution < 1.29 is 17.9 Å². The zero-order chi connectivity index (χ0) is 16.3. The van der Waals surface area contributed by atoms with E-state index in [9.17, 15) is 13.2 Å². The Balaban J connectivity index is 2.18. The average Bonchev–Trinajstić information content (AvgIpc) is 3.28. The molecule has 1 fully saturated rings. The second-order valence-corrected chi connectivity index (χ2v) is 7.34. The Morgan fingerprint density at radius 1 is 1.41 bits per heavy atom. The quantitative estimate of drug-likeness (QED) is 0.819. The van der Waals surface area contributed by atoms with E-state index >= 15 is 0 Å². The summed E-state index contributed by atoms with van der Waals surface area (Å²) in [4.78, 5) is 12.0. The van der Waals surface area contributed by atoms with Gasteiger partial charge in [0.2, 0.25) is 15.9 Å². The van der Waals surface area contributed by atoms with Crippen LogP contribution < -0.4 is 10.1 Å². The SMILES string of the molecule is CCN(CC(=O)NC1CC1)S(=O)(=O)c1ccc(OC)c(C)c1. The monoisotopic (exact) mass is 326 g/mol. The maximum absolute atomic E-state index is 12.7. The van der Waals surface area contributed by atoms with E-state index in [0.717, 1.165) is 18.4 Å². The number of rotatable bonds is 7. The predicted octanol–water partition coefficient (Wildman–Crippen LogP) is 1.29. The Labute approximate surface area is 131 Å². The first kappa shape index (κ1) is 16.8. The Morgan fingerprint density at radius 2 is 2.09 bits per heavy atom. The number of likely N-dealkylation sites (N-methyl/N-ethyl adjacent to an activating group) is 1. The zero-order valence-electron chi connectivity index (χ0n) is 13.1. The van der Waals surface area contributed by atoms with Crippen LogP contribution in [0.5, 0.6) is 5.75 Å².